The molecule has 0 radical (unpaired) electrons. The predicted octanol–water partition coefficient (Wildman–Crippen LogP) is 4.39. The lowest BCUT2D eigenvalue weighted by Gasteiger charge is -2.05. The van der Waals surface area contributed by atoms with Gasteiger partial charge in [0.1, 0.15) is 0 Å². The van der Waals surface area contributed by atoms with Crippen LogP contribution in [0.1, 0.15) is 70.6 Å². The Bertz CT molecular complexity index is 221. The summed E-state index contributed by atoms with van der Waals surface area (Å²) in [6.45, 7) is 0.604. The summed E-state index contributed by atoms with van der Waals surface area (Å²) >= 11 is 0. The van der Waals surface area contributed by atoms with E-state index in [0.29, 0.717) is 13.0 Å². The van der Waals surface area contributed by atoms with Crippen molar-refractivity contribution in [2.45, 2.75) is 70.6 Å². The number of allylic oxidation sites excluding steroid dienone is 1. The number of cyclic esters (lactones) is 1. The summed E-state index contributed by atoms with van der Waals surface area (Å²) in [7, 11) is 0. The fraction of sp³-hybridized carbons (Fsp3) is 0.800. The molecule has 0 aromatic heterocycles. The van der Waals surface area contributed by atoms with E-state index >= 15 is 0 Å². The van der Waals surface area contributed by atoms with Crippen LogP contribution in [-0.2, 0) is 9.53 Å². The Kier molecular flexibility index (Phi) is 8.71. The van der Waals surface area contributed by atoms with Gasteiger partial charge in [-0.2, -0.15) is 0 Å². The number of hydrogen-bond acceptors (Lipinski definition) is 2. The van der Waals surface area contributed by atoms with Crippen LogP contribution in [0.2, 0.25) is 0 Å². The topological polar surface area (TPSA) is 26.3 Å². The molecule has 0 aromatic rings. The van der Waals surface area contributed by atoms with Crippen molar-refractivity contribution < 1.29 is 9.53 Å². The van der Waals surface area contributed by atoms with E-state index in [2.05, 4.69) is 6.08 Å². The molecule has 1 aliphatic heterocycles. The molecular formula is C15H26O2. The van der Waals surface area contributed by atoms with Crippen molar-refractivity contribution >= 4 is 5.97 Å². The zero-order valence-electron chi connectivity index (χ0n) is 11.0. The molecule has 0 atom stereocenters. The van der Waals surface area contributed by atoms with Crippen LogP contribution in [0.5, 0.6) is 0 Å². The summed E-state index contributed by atoms with van der Waals surface area (Å²) in [6, 6.07) is 0. The normalized spacial score (nSPS) is 22.0. The number of hydrogen-bond donors (Lipinski definition) is 0. The van der Waals surface area contributed by atoms with Crippen LogP contribution >= 0.6 is 0 Å². The minimum absolute atomic E-state index is 0.0756. The van der Waals surface area contributed by atoms with Crippen LogP contribution < -0.4 is 0 Å². The monoisotopic (exact) mass is 238 g/mol. The van der Waals surface area contributed by atoms with Crippen molar-refractivity contribution in [2.75, 3.05) is 6.61 Å². The maximum absolute atomic E-state index is 11.3. The SMILES string of the molecule is O=C1CC=CCCCCCCCCCCCO1. The predicted molar refractivity (Wildman–Crippen MR) is 70.9 cm³/mol. The lowest BCUT2D eigenvalue weighted by molar-refractivity contribution is -0.142. The Balaban J connectivity index is 2.19. The Morgan fingerprint density at radius 3 is 2.06 bits per heavy atom. The lowest BCUT2D eigenvalue weighted by atomic mass is 10.1. The van der Waals surface area contributed by atoms with Crippen LogP contribution in [0, 0.1) is 0 Å². The molecule has 0 spiro atoms. The van der Waals surface area contributed by atoms with E-state index in [9.17, 15) is 4.79 Å². The van der Waals surface area contributed by atoms with Crippen molar-refractivity contribution in [1.82, 2.24) is 0 Å². The standard InChI is InChI=1S/C15H26O2/c16-15-13-11-9-7-5-3-1-2-4-6-8-10-12-14-17-15/h9,11H,1-8,10,12-14H2. The number of esters is 1. The van der Waals surface area contributed by atoms with Crippen LogP contribution in [-0.4, -0.2) is 12.6 Å². The quantitative estimate of drug-likeness (QED) is 0.462. The molecule has 0 saturated carbocycles. The minimum Gasteiger partial charge on any atom is -0.465 e. The average molecular weight is 238 g/mol. The Labute approximate surface area is 105 Å². The molecule has 1 aliphatic rings. The van der Waals surface area contributed by atoms with Gasteiger partial charge in [0.15, 0.2) is 0 Å². The molecule has 1 rings (SSSR count). The van der Waals surface area contributed by atoms with Crippen LogP contribution in [0.3, 0.4) is 0 Å². The van der Waals surface area contributed by atoms with E-state index in [-0.39, 0.29) is 5.97 Å². The zero-order chi connectivity index (χ0) is 12.2. The first-order valence-electron chi connectivity index (χ1n) is 7.20. The largest absolute Gasteiger partial charge is 0.465 e. The van der Waals surface area contributed by atoms with Crippen LogP contribution in [0.25, 0.3) is 0 Å². The van der Waals surface area contributed by atoms with Gasteiger partial charge < -0.3 is 4.74 Å². The molecular weight excluding hydrogens is 212 g/mol. The van der Waals surface area contributed by atoms with Gasteiger partial charge in [0.25, 0.3) is 0 Å². The van der Waals surface area contributed by atoms with Gasteiger partial charge in [0.05, 0.1) is 13.0 Å². The molecule has 0 saturated heterocycles. The molecule has 0 aliphatic carbocycles. The highest BCUT2D eigenvalue weighted by molar-refractivity contribution is 5.71. The summed E-state index contributed by atoms with van der Waals surface area (Å²) in [6.07, 6.45) is 17.2. The highest BCUT2D eigenvalue weighted by Gasteiger charge is 1.99. The summed E-state index contributed by atoms with van der Waals surface area (Å²) < 4.78 is 5.15. The van der Waals surface area contributed by atoms with E-state index in [4.69, 9.17) is 4.74 Å². The minimum atomic E-state index is -0.0756. The Hall–Kier alpha value is -0.790. The number of carbonyl (C=O) groups excluding carboxylic acids is 1. The van der Waals surface area contributed by atoms with Crippen molar-refractivity contribution in [3.8, 4) is 0 Å². The zero-order valence-corrected chi connectivity index (χ0v) is 11.0. The first kappa shape index (κ1) is 14.3. The first-order chi connectivity index (χ1) is 8.39. The smallest absolute Gasteiger partial charge is 0.309 e. The van der Waals surface area contributed by atoms with Crippen molar-refractivity contribution in [1.29, 1.82) is 0 Å². The third kappa shape index (κ3) is 8.96. The highest BCUT2D eigenvalue weighted by atomic mass is 16.5. The summed E-state index contributed by atoms with van der Waals surface area (Å²) in [5, 5.41) is 0. The fourth-order valence-electron chi connectivity index (χ4n) is 2.14. The molecule has 98 valence electrons. The molecule has 2 heteroatoms. The molecule has 0 aromatic carbocycles. The van der Waals surface area contributed by atoms with Crippen molar-refractivity contribution in [3.05, 3.63) is 12.2 Å². The van der Waals surface area contributed by atoms with Crippen LogP contribution in [0.4, 0.5) is 0 Å². The van der Waals surface area contributed by atoms with Crippen molar-refractivity contribution in [2.24, 2.45) is 0 Å². The van der Waals surface area contributed by atoms with Gasteiger partial charge in [-0.05, 0) is 19.3 Å². The summed E-state index contributed by atoms with van der Waals surface area (Å²) in [5.41, 5.74) is 0. The highest BCUT2D eigenvalue weighted by Crippen LogP contribution is 2.11. The molecule has 0 bridgehead atoms. The van der Waals surface area contributed by atoms with Crippen molar-refractivity contribution in [3.63, 3.8) is 0 Å². The van der Waals surface area contributed by atoms with E-state index in [1.54, 1.807) is 0 Å². The van der Waals surface area contributed by atoms with E-state index in [1.807, 2.05) is 6.08 Å². The molecule has 2 nitrogen and oxygen atoms in total. The summed E-state index contributed by atoms with van der Waals surface area (Å²) in [4.78, 5) is 11.3. The van der Waals surface area contributed by atoms with Gasteiger partial charge in [0, 0.05) is 0 Å². The van der Waals surface area contributed by atoms with Gasteiger partial charge in [-0.25, -0.2) is 0 Å². The molecule has 17 heavy (non-hydrogen) atoms. The molecule has 0 amide bonds. The number of ether oxygens (including phenoxy) is 1. The number of carbonyl (C=O) groups is 1. The van der Waals surface area contributed by atoms with Gasteiger partial charge in [-0.15, -0.1) is 0 Å². The molecule has 0 fully saturated rings. The second kappa shape index (κ2) is 10.4. The number of rotatable bonds is 0. The van der Waals surface area contributed by atoms with Gasteiger partial charge in [0.2, 0.25) is 0 Å². The third-order valence-electron chi connectivity index (χ3n) is 3.23. The van der Waals surface area contributed by atoms with E-state index in [1.165, 1.54) is 51.4 Å². The maximum Gasteiger partial charge on any atom is 0.309 e. The second-order valence-electron chi connectivity index (χ2n) is 4.87. The molecule has 1 heterocycles. The van der Waals surface area contributed by atoms with Crippen LogP contribution in [0.15, 0.2) is 12.2 Å². The summed E-state index contributed by atoms with van der Waals surface area (Å²) in [5.74, 6) is -0.0756. The average Bonchev–Trinajstić information content (AvgIpc) is 2.32. The lowest BCUT2D eigenvalue weighted by Crippen LogP contribution is -2.04. The van der Waals surface area contributed by atoms with Gasteiger partial charge in [-0.1, -0.05) is 57.1 Å². The Morgan fingerprint density at radius 1 is 0.765 bits per heavy atom. The van der Waals surface area contributed by atoms with Gasteiger partial charge in [-0.3, -0.25) is 4.79 Å². The van der Waals surface area contributed by atoms with E-state index in [0.717, 1.165) is 12.8 Å². The first-order valence-corrected chi connectivity index (χ1v) is 7.20. The molecule has 0 unspecified atom stereocenters. The fourth-order valence-corrected chi connectivity index (χ4v) is 2.14. The van der Waals surface area contributed by atoms with Gasteiger partial charge >= 0.3 is 5.97 Å². The van der Waals surface area contributed by atoms with E-state index < -0.39 is 0 Å². The third-order valence-corrected chi connectivity index (χ3v) is 3.23. The maximum atomic E-state index is 11.3. The molecule has 0 N–H and O–H groups in total. The second-order valence-corrected chi connectivity index (χ2v) is 4.87. The Morgan fingerprint density at radius 2 is 1.35 bits per heavy atom.